The summed E-state index contributed by atoms with van der Waals surface area (Å²) in [5.74, 6) is 0.437. The number of benzene rings is 2. The number of halogens is 3. The lowest BCUT2D eigenvalue weighted by atomic mass is 9.93. The molecule has 0 spiro atoms. The van der Waals surface area contributed by atoms with Crippen molar-refractivity contribution in [2.45, 2.75) is 39.9 Å². The molecule has 0 aliphatic carbocycles. The first-order valence-corrected chi connectivity index (χ1v) is 9.29. The molecule has 2 aromatic carbocycles. The summed E-state index contributed by atoms with van der Waals surface area (Å²) in [6.45, 7) is 7.73. The van der Waals surface area contributed by atoms with Crippen LogP contribution in [0.3, 0.4) is 0 Å². The van der Waals surface area contributed by atoms with Crippen LogP contribution >= 0.6 is 0 Å². The normalized spacial score (nSPS) is 18.5. The topological polar surface area (TPSA) is 41.6 Å². The lowest BCUT2D eigenvalue weighted by Gasteiger charge is -2.30. The van der Waals surface area contributed by atoms with Crippen molar-refractivity contribution in [1.29, 1.82) is 0 Å². The molecule has 1 fully saturated rings. The lowest BCUT2D eigenvalue weighted by molar-refractivity contribution is -0.191. The summed E-state index contributed by atoms with van der Waals surface area (Å²) in [6.07, 6.45) is -4.55. The van der Waals surface area contributed by atoms with Crippen LogP contribution in [0.5, 0.6) is 5.75 Å². The van der Waals surface area contributed by atoms with E-state index in [4.69, 9.17) is 4.74 Å². The Balaban J connectivity index is 2.03. The van der Waals surface area contributed by atoms with Gasteiger partial charge in [0.2, 0.25) is 5.91 Å². The van der Waals surface area contributed by atoms with Gasteiger partial charge in [0.25, 0.3) is 0 Å². The third kappa shape index (κ3) is 4.09. The molecule has 1 heterocycles. The molecule has 152 valence electrons. The van der Waals surface area contributed by atoms with Crippen LogP contribution in [0.4, 0.5) is 13.2 Å². The van der Waals surface area contributed by atoms with Crippen LogP contribution in [-0.2, 0) is 4.79 Å². The van der Waals surface area contributed by atoms with Gasteiger partial charge in [-0.1, -0.05) is 38.1 Å². The van der Waals surface area contributed by atoms with Gasteiger partial charge < -0.3 is 4.74 Å². The van der Waals surface area contributed by atoms with Crippen LogP contribution in [0.1, 0.15) is 39.3 Å². The number of hydrogen-bond acceptors (Lipinski definition) is 3. The van der Waals surface area contributed by atoms with Gasteiger partial charge in [0.05, 0.1) is 12.0 Å². The Hall–Kier alpha value is -2.28. The smallest absolute Gasteiger partial charge is 0.409 e. The van der Waals surface area contributed by atoms with E-state index in [0.717, 1.165) is 10.4 Å². The van der Waals surface area contributed by atoms with Gasteiger partial charge in [-0.05, 0) is 42.8 Å². The molecular formula is C21H25F3N2O2. The van der Waals surface area contributed by atoms with Crippen molar-refractivity contribution in [3.63, 3.8) is 0 Å². The number of amides is 1. The van der Waals surface area contributed by atoms with E-state index in [1.807, 2.05) is 26.0 Å². The van der Waals surface area contributed by atoms with Crippen molar-refractivity contribution in [3.8, 4) is 5.75 Å². The van der Waals surface area contributed by atoms with Crippen molar-refractivity contribution >= 4 is 16.7 Å². The molecule has 28 heavy (non-hydrogen) atoms. The van der Waals surface area contributed by atoms with Crippen molar-refractivity contribution < 1.29 is 22.7 Å². The Morgan fingerprint density at radius 3 is 2.50 bits per heavy atom. The van der Waals surface area contributed by atoms with E-state index in [1.54, 1.807) is 26.0 Å². The first kappa shape index (κ1) is 20.5. The molecule has 1 amide bonds. The second-order valence-electron chi connectivity index (χ2n) is 8.34. The highest BCUT2D eigenvalue weighted by molar-refractivity contribution is 5.89. The van der Waals surface area contributed by atoms with Gasteiger partial charge in [0, 0.05) is 11.9 Å². The molecule has 1 N–H and O–H groups in total. The lowest BCUT2D eigenvalue weighted by Crippen LogP contribution is -2.43. The standard InChI is InChI=1S/C21H25F3N2O2/c1-13(2)11-28-17-7-5-6-14-8-9-15(10-16(14)17)18(21(22,23)24)26-12-20(3,4)19(27)25-26/h5-10,13,18H,11-12H2,1-4H3,(H,25,27). The van der Waals surface area contributed by atoms with Crippen LogP contribution in [0.2, 0.25) is 0 Å². The summed E-state index contributed by atoms with van der Waals surface area (Å²) < 4.78 is 47.7. The zero-order valence-corrected chi connectivity index (χ0v) is 16.4. The molecule has 1 atom stereocenters. The first-order valence-electron chi connectivity index (χ1n) is 9.29. The van der Waals surface area contributed by atoms with E-state index < -0.39 is 23.5 Å². The summed E-state index contributed by atoms with van der Waals surface area (Å²) >= 11 is 0. The minimum atomic E-state index is -4.55. The maximum Gasteiger partial charge on any atom is 0.409 e. The Morgan fingerprint density at radius 2 is 1.93 bits per heavy atom. The molecule has 2 aromatic rings. The van der Waals surface area contributed by atoms with Crippen LogP contribution < -0.4 is 10.2 Å². The summed E-state index contributed by atoms with van der Waals surface area (Å²) in [6, 6.07) is 8.13. The molecule has 4 nitrogen and oxygen atoms in total. The summed E-state index contributed by atoms with van der Waals surface area (Å²) in [7, 11) is 0. The van der Waals surface area contributed by atoms with Gasteiger partial charge in [-0.15, -0.1) is 0 Å². The number of ether oxygens (including phenoxy) is 1. The molecule has 1 aliphatic rings. The summed E-state index contributed by atoms with van der Waals surface area (Å²) in [4.78, 5) is 12.0. The van der Waals surface area contributed by atoms with E-state index in [9.17, 15) is 18.0 Å². The fourth-order valence-electron chi connectivity index (χ4n) is 3.33. The van der Waals surface area contributed by atoms with E-state index in [1.165, 1.54) is 12.1 Å². The largest absolute Gasteiger partial charge is 0.493 e. The van der Waals surface area contributed by atoms with Crippen LogP contribution in [0, 0.1) is 11.3 Å². The molecule has 0 aromatic heterocycles. The molecule has 1 aliphatic heterocycles. The minimum Gasteiger partial charge on any atom is -0.493 e. The number of nitrogens with one attached hydrogen (secondary N) is 1. The highest BCUT2D eigenvalue weighted by Gasteiger charge is 2.51. The van der Waals surface area contributed by atoms with Crippen molar-refractivity contribution in [2.24, 2.45) is 11.3 Å². The third-order valence-corrected chi connectivity index (χ3v) is 4.80. The summed E-state index contributed by atoms with van der Waals surface area (Å²) in [5.41, 5.74) is 1.58. The van der Waals surface area contributed by atoms with Crippen LogP contribution in [0.25, 0.3) is 10.8 Å². The van der Waals surface area contributed by atoms with Gasteiger partial charge in [0.1, 0.15) is 11.8 Å². The van der Waals surface area contributed by atoms with Gasteiger partial charge in [-0.2, -0.15) is 13.2 Å². The Kier molecular flexibility index (Phi) is 5.32. The number of hydrazine groups is 1. The highest BCUT2D eigenvalue weighted by atomic mass is 19.4. The number of carbonyl (C=O) groups is 1. The minimum absolute atomic E-state index is 0.0282. The average molecular weight is 394 g/mol. The average Bonchev–Trinajstić information content (AvgIpc) is 2.84. The Bertz CT molecular complexity index is 878. The van der Waals surface area contributed by atoms with Gasteiger partial charge in [-0.25, -0.2) is 5.01 Å². The predicted molar refractivity (Wildman–Crippen MR) is 102 cm³/mol. The monoisotopic (exact) mass is 394 g/mol. The number of rotatable bonds is 5. The molecule has 3 rings (SSSR count). The number of alkyl halides is 3. The Morgan fingerprint density at radius 1 is 1.21 bits per heavy atom. The van der Waals surface area contributed by atoms with Crippen LogP contribution in [0.15, 0.2) is 36.4 Å². The maximum absolute atomic E-state index is 14.0. The molecule has 1 unspecified atom stereocenters. The number of hydrogen-bond donors (Lipinski definition) is 1. The van der Waals surface area contributed by atoms with Crippen molar-refractivity contribution in [2.75, 3.05) is 13.2 Å². The highest BCUT2D eigenvalue weighted by Crippen LogP contribution is 2.42. The molecule has 7 heteroatoms. The zero-order valence-electron chi connectivity index (χ0n) is 16.4. The molecule has 1 saturated heterocycles. The van der Waals surface area contributed by atoms with Crippen LogP contribution in [-0.4, -0.2) is 30.2 Å². The Labute approximate surface area is 162 Å². The van der Waals surface area contributed by atoms with Crippen molar-refractivity contribution in [3.05, 3.63) is 42.0 Å². The fourth-order valence-corrected chi connectivity index (χ4v) is 3.33. The number of fused-ring (bicyclic) bond motifs is 1. The van der Waals surface area contributed by atoms with Gasteiger partial charge in [-0.3, -0.25) is 10.2 Å². The van der Waals surface area contributed by atoms with Crippen molar-refractivity contribution in [1.82, 2.24) is 10.4 Å². The molecule has 0 saturated carbocycles. The van der Waals surface area contributed by atoms with Gasteiger partial charge >= 0.3 is 6.18 Å². The van der Waals surface area contributed by atoms with E-state index in [0.29, 0.717) is 23.7 Å². The van der Waals surface area contributed by atoms with E-state index >= 15 is 0 Å². The maximum atomic E-state index is 14.0. The molecule has 0 radical (unpaired) electrons. The number of carbonyl (C=O) groups excluding carboxylic acids is 1. The molecule has 0 bridgehead atoms. The second kappa shape index (κ2) is 7.28. The van der Waals surface area contributed by atoms with E-state index in [-0.39, 0.29) is 12.1 Å². The number of nitrogens with zero attached hydrogens (tertiary/aromatic N) is 1. The van der Waals surface area contributed by atoms with Gasteiger partial charge in [0.15, 0.2) is 0 Å². The summed E-state index contributed by atoms with van der Waals surface area (Å²) in [5, 5.41) is 2.41. The third-order valence-electron chi connectivity index (χ3n) is 4.80. The first-order chi connectivity index (χ1) is 13.0. The SMILES string of the molecule is CC(C)COc1cccc2ccc(C(N3CC(C)(C)C(=O)N3)C(F)(F)F)cc12. The molecular weight excluding hydrogens is 369 g/mol. The fraction of sp³-hybridized carbons (Fsp3) is 0.476. The second-order valence-corrected chi connectivity index (χ2v) is 8.34. The predicted octanol–water partition coefficient (Wildman–Crippen LogP) is 4.85. The quantitative estimate of drug-likeness (QED) is 0.788. The van der Waals surface area contributed by atoms with E-state index in [2.05, 4.69) is 5.43 Å². The zero-order chi connectivity index (χ0) is 20.7.